The maximum atomic E-state index is 11.3. The zero-order valence-electron chi connectivity index (χ0n) is 15.5. The van der Waals surface area contributed by atoms with Crippen LogP contribution in [0.1, 0.15) is 29.9 Å². The highest BCUT2D eigenvalue weighted by atomic mass is 32.1. The SMILES string of the molecule is CCOc1ccc(-c2nc(COc3ccc(C(C)=O)cc3)cs2)cc1OC. The van der Waals surface area contributed by atoms with Crippen LogP contribution in [-0.2, 0) is 6.61 Å². The molecule has 1 heterocycles. The first kappa shape index (κ1) is 18.9. The minimum Gasteiger partial charge on any atom is -0.493 e. The van der Waals surface area contributed by atoms with Gasteiger partial charge in [0.15, 0.2) is 17.3 Å². The second-order valence-corrected chi connectivity index (χ2v) is 6.67. The van der Waals surface area contributed by atoms with Crippen molar-refractivity contribution >= 4 is 17.1 Å². The number of hydrogen-bond donors (Lipinski definition) is 0. The summed E-state index contributed by atoms with van der Waals surface area (Å²) in [5, 5.41) is 2.87. The van der Waals surface area contributed by atoms with Gasteiger partial charge in [-0.1, -0.05) is 0 Å². The fourth-order valence-corrected chi connectivity index (χ4v) is 3.33. The average molecular weight is 383 g/mol. The summed E-state index contributed by atoms with van der Waals surface area (Å²) in [7, 11) is 1.63. The van der Waals surface area contributed by atoms with Gasteiger partial charge in [0.1, 0.15) is 17.4 Å². The number of rotatable bonds is 8. The standard InChI is InChI=1S/C21H21NO4S/c1-4-25-19-10-7-16(11-20(19)24-3)21-22-17(13-27-21)12-26-18-8-5-15(6-9-18)14(2)23/h5-11,13H,4,12H2,1-3H3. The molecule has 3 rings (SSSR count). The number of aromatic nitrogens is 1. The first-order valence-electron chi connectivity index (χ1n) is 8.60. The molecular formula is C21H21NO4S. The molecule has 5 nitrogen and oxygen atoms in total. The van der Waals surface area contributed by atoms with E-state index in [1.807, 2.05) is 30.5 Å². The molecule has 0 bridgehead atoms. The minimum absolute atomic E-state index is 0.0384. The first-order valence-corrected chi connectivity index (χ1v) is 9.48. The number of thiazole rings is 1. The number of benzene rings is 2. The van der Waals surface area contributed by atoms with Crippen molar-refractivity contribution in [2.45, 2.75) is 20.5 Å². The molecule has 3 aromatic rings. The van der Waals surface area contributed by atoms with E-state index >= 15 is 0 Å². The minimum atomic E-state index is 0.0384. The molecule has 0 aliphatic rings. The van der Waals surface area contributed by atoms with Gasteiger partial charge in [-0.25, -0.2) is 4.98 Å². The van der Waals surface area contributed by atoms with Crippen LogP contribution in [-0.4, -0.2) is 24.5 Å². The first-order chi connectivity index (χ1) is 13.1. The maximum absolute atomic E-state index is 11.3. The zero-order chi connectivity index (χ0) is 19.2. The van der Waals surface area contributed by atoms with Crippen LogP contribution in [0.3, 0.4) is 0 Å². The number of methoxy groups -OCH3 is 1. The van der Waals surface area contributed by atoms with Crippen LogP contribution in [0.2, 0.25) is 0 Å². The molecule has 140 valence electrons. The van der Waals surface area contributed by atoms with Crippen molar-refractivity contribution < 1.29 is 19.0 Å². The molecule has 0 aliphatic carbocycles. The number of ketones is 1. The van der Waals surface area contributed by atoms with Gasteiger partial charge in [-0.2, -0.15) is 0 Å². The van der Waals surface area contributed by atoms with Gasteiger partial charge >= 0.3 is 0 Å². The lowest BCUT2D eigenvalue weighted by Crippen LogP contribution is -1.97. The summed E-state index contributed by atoms with van der Waals surface area (Å²) in [5.74, 6) is 2.15. The van der Waals surface area contributed by atoms with Gasteiger partial charge in [0.2, 0.25) is 0 Å². The normalized spacial score (nSPS) is 10.5. The van der Waals surface area contributed by atoms with Crippen LogP contribution in [0, 0.1) is 0 Å². The van der Waals surface area contributed by atoms with E-state index in [0.717, 1.165) is 22.0 Å². The van der Waals surface area contributed by atoms with Crippen molar-refractivity contribution in [1.82, 2.24) is 4.98 Å². The molecular weight excluding hydrogens is 362 g/mol. The third kappa shape index (κ3) is 4.65. The summed E-state index contributed by atoms with van der Waals surface area (Å²) in [6, 6.07) is 12.9. The third-order valence-electron chi connectivity index (χ3n) is 3.91. The Hall–Kier alpha value is -2.86. The largest absolute Gasteiger partial charge is 0.493 e. The van der Waals surface area contributed by atoms with Crippen molar-refractivity contribution in [3.8, 4) is 27.8 Å². The summed E-state index contributed by atoms with van der Waals surface area (Å²) < 4.78 is 16.7. The molecule has 0 amide bonds. The number of Topliss-reactive ketones (excluding diaryl/α,β-unsaturated/α-hetero) is 1. The highest BCUT2D eigenvalue weighted by Crippen LogP contribution is 2.34. The van der Waals surface area contributed by atoms with E-state index in [9.17, 15) is 4.79 Å². The van der Waals surface area contributed by atoms with E-state index in [4.69, 9.17) is 14.2 Å². The van der Waals surface area contributed by atoms with Gasteiger partial charge in [-0.05, 0) is 56.3 Å². The molecule has 0 spiro atoms. The van der Waals surface area contributed by atoms with Crippen molar-refractivity contribution in [1.29, 1.82) is 0 Å². The number of ether oxygens (including phenoxy) is 3. The molecule has 0 radical (unpaired) electrons. The summed E-state index contributed by atoms with van der Waals surface area (Å²) in [6.07, 6.45) is 0. The Morgan fingerprint density at radius 1 is 1.07 bits per heavy atom. The summed E-state index contributed by atoms with van der Waals surface area (Å²) in [4.78, 5) is 15.9. The van der Waals surface area contributed by atoms with E-state index in [1.54, 1.807) is 49.6 Å². The van der Waals surface area contributed by atoms with Gasteiger partial charge in [0.05, 0.1) is 19.4 Å². The van der Waals surface area contributed by atoms with E-state index < -0.39 is 0 Å². The van der Waals surface area contributed by atoms with Crippen LogP contribution < -0.4 is 14.2 Å². The second-order valence-electron chi connectivity index (χ2n) is 5.81. The lowest BCUT2D eigenvalue weighted by atomic mass is 10.1. The number of carbonyl (C=O) groups excluding carboxylic acids is 1. The molecule has 0 unspecified atom stereocenters. The van der Waals surface area contributed by atoms with Gasteiger partial charge < -0.3 is 14.2 Å². The van der Waals surface area contributed by atoms with E-state index in [2.05, 4.69) is 4.98 Å². The highest BCUT2D eigenvalue weighted by Gasteiger charge is 2.10. The van der Waals surface area contributed by atoms with Crippen molar-refractivity contribution in [2.24, 2.45) is 0 Å². The average Bonchev–Trinajstić information content (AvgIpc) is 3.16. The van der Waals surface area contributed by atoms with Gasteiger partial charge in [-0.3, -0.25) is 4.79 Å². The molecule has 27 heavy (non-hydrogen) atoms. The number of hydrogen-bond acceptors (Lipinski definition) is 6. The third-order valence-corrected chi connectivity index (χ3v) is 4.85. The Labute approximate surface area is 162 Å². The lowest BCUT2D eigenvalue weighted by Gasteiger charge is -2.10. The van der Waals surface area contributed by atoms with Gasteiger partial charge in [0.25, 0.3) is 0 Å². The molecule has 1 aromatic heterocycles. The topological polar surface area (TPSA) is 57.7 Å². The van der Waals surface area contributed by atoms with Crippen LogP contribution in [0.5, 0.6) is 17.2 Å². The Bertz CT molecular complexity index is 918. The predicted molar refractivity (Wildman–Crippen MR) is 106 cm³/mol. The lowest BCUT2D eigenvalue weighted by molar-refractivity contribution is 0.101. The van der Waals surface area contributed by atoms with Crippen LogP contribution in [0.15, 0.2) is 47.8 Å². The molecule has 0 N–H and O–H groups in total. The monoisotopic (exact) mass is 383 g/mol. The van der Waals surface area contributed by atoms with E-state index in [0.29, 0.717) is 30.3 Å². The highest BCUT2D eigenvalue weighted by molar-refractivity contribution is 7.13. The quantitative estimate of drug-likeness (QED) is 0.512. The predicted octanol–water partition coefficient (Wildman–Crippen LogP) is 5.00. The van der Waals surface area contributed by atoms with Crippen molar-refractivity contribution in [2.75, 3.05) is 13.7 Å². The second kappa shape index (κ2) is 8.68. The fraction of sp³-hybridized carbons (Fsp3) is 0.238. The smallest absolute Gasteiger partial charge is 0.161 e. The molecule has 0 aliphatic heterocycles. The molecule has 0 saturated carbocycles. The van der Waals surface area contributed by atoms with E-state index in [1.165, 1.54) is 0 Å². The van der Waals surface area contributed by atoms with E-state index in [-0.39, 0.29) is 5.78 Å². The summed E-state index contributed by atoms with van der Waals surface area (Å²) in [5.41, 5.74) is 2.48. The van der Waals surface area contributed by atoms with Gasteiger partial charge in [0, 0.05) is 16.5 Å². The van der Waals surface area contributed by atoms with Crippen molar-refractivity contribution in [3.63, 3.8) is 0 Å². The molecule has 0 fully saturated rings. The molecule has 6 heteroatoms. The summed E-state index contributed by atoms with van der Waals surface area (Å²) in [6.45, 7) is 4.43. The fourth-order valence-electron chi connectivity index (χ4n) is 2.52. The van der Waals surface area contributed by atoms with Crippen LogP contribution in [0.4, 0.5) is 0 Å². The van der Waals surface area contributed by atoms with Crippen LogP contribution >= 0.6 is 11.3 Å². The Morgan fingerprint density at radius 2 is 1.85 bits per heavy atom. The number of nitrogens with zero attached hydrogens (tertiary/aromatic N) is 1. The number of carbonyl (C=O) groups is 1. The van der Waals surface area contributed by atoms with Crippen LogP contribution in [0.25, 0.3) is 10.6 Å². The maximum Gasteiger partial charge on any atom is 0.161 e. The summed E-state index contributed by atoms with van der Waals surface area (Å²) >= 11 is 1.55. The molecule has 0 saturated heterocycles. The van der Waals surface area contributed by atoms with Gasteiger partial charge in [-0.15, -0.1) is 11.3 Å². The molecule has 0 atom stereocenters. The Kier molecular flexibility index (Phi) is 6.08. The molecule has 2 aromatic carbocycles. The Morgan fingerprint density at radius 3 is 2.52 bits per heavy atom. The zero-order valence-corrected chi connectivity index (χ0v) is 16.3. The van der Waals surface area contributed by atoms with Crippen molar-refractivity contribution in [3.05, 3.63) is 59.1 Å². The Balaban J connectivity index is 1.68.